The number of fused-ring (bicyclic) bond motifs is 1. The third kappa shape index (κ3) is 5.05. The SMILES string of the molecule is COc1ccc(S(=O)(=O)C(Nc2c(C(=O)O)cnc3c2c(C)nn3-c2ccc(OC)cc2OC)c2cccnc2)cc1. The third-order valence-electron chi connectivity index (χ3n) is 6.68. The van der Waals surface area contributed by atoms with Gasteiger partial charge in [0.2, 0.25) is 9.84 Å². The molecule has 1 atom stereocenters. The van der Waals surface area contributed by atoms with Gasteiger partial charge in [-0.1, -0.05) is 6.07 Å². The van der Waals surface area contributed by atoms with E-state index in [1.54, 1.807) is 37.3 Å². The fourth-order valence-electron chi connectivity index (χ4n) is 4.60. The van der Waals surface area contributed by atoms with Gasteiger partial charge in [-0.25, -0.2) is 22.9 Å². The fraction of sp³-hybridized carbons (Fsp3) is 0.172. The van der Waals surface area contributed by atoms with Crippen LogP contribution in [-0.2, 0) is 9.84 Å². The van der Waals surface area contributed by atoms with Crippen LogP contribution in [0.4, 0.5) is 5.69 Å². The van der Waals surface area contributed by atoms with Crippen LogP contribution in [0.3, 0.4) is 0 Å². The van der Waals surface area contributed by atoms with E-state index in [9.17, 15) is 18.3 Å². The number of benzene rings is 2. The summed E-state index contributed by atoms with van der Waals surface area (Å²) in [6.07, 6.45) is 4.10. The quantitative estimate of drug-likeness (QED) is 0.238. The predicted molar refractivity (Wildman–Crippen MR) is 154 cm³/mol. The molecule has 0 saturated heterocycles. The van der Waals surface area contributed by atoms with Gasteiger partial charge in [-0.3, -0.25) is 4.98 Å². The number of anilines is 1. The Morgan fingerprint density at radius 3 is 2.31 bits per heavy atom. The van der Waals surface area contributed by atoms with Crippen LogP contribution < -0.4 is 19.5 Å². The largest absolute Gasteiger partial charge is 0.497 e. The van der Waals surface area contributed by atoms with Crippen molar-refractivity contribution in [3.63, 3.8) is 0 Å². The Balaban J connectivity index is 1.73. The van der Waals surface area contributed by atoms with Crippen LogP contribution in [0.15, 0.2) is 78.1 Å². The number of hydrogen-bond acceptors (Lipinski definition) is 10. The molecule has 0 aliphatic heterocycles. The third-order valence-corrected chi connectivity index (χ3v) is 8.62. The standard InChI is InChI=1S/C29H27N5O7S/c1-17-25-26(32-28(18-6-5-13-30-15-18)42(37,38)21-10-7-19(39-2)8-11-21)22(29(35)36)16-31-27(25)34(33-17)23-12-9-20(40-3)14-24(23)41-4/h5-16,28H,1-4H3,(H,31,32)(H,35,36). The summed E-state index contributed by atoms with van der Waals surface area (Å²) in [5.74, 6) is 0.191. The average Bonchev–Trinajstić information content (AvgIpc) is 3.35. The molecule has 0 saturated carbocycles. The molecule has 0 bridgehead atoms. The van der Waals surface area contributed by atoms with Crippen molar-refractivity contribution in [1.29, 1.82) is 0 Å². The molecule has 216 valence electrons. The van der Waals surface area contributed by atoms with E-state index in [4.69, 9.17) is 14.2 Å². The van der Waals surface area contributed by atoms with E-state index in [-0.39, 0.29) is 21.8 Å². The smallest absolute Gasteiger partial charge is 0.339 e. The summed E-state index contributed by atoms with van der Waals surface area (Å²) in [6.45, 7) is 1.68. The molecule has 0 radical (unpaired) electrons. The highest BCUT2D eigenvalue weighted by molar-refractivity contribution is 7.91. The molecule has 0 fully saturated rings. The van der Waals surface area contributed by atoms with Crippen LogP contribution in [0, 0.1) is 6.92 Å². The summed E-state index contributed by atoms with van der Waals surface area (Å²) in [5.41, 5.74) is 1.33. The van der Waals surface area contributed by atoms with Crippen molar-refractivity contribution >= 4 is 32.5 Å². The van der Waals surface area contributed by atoms with Gasteiger partial charge in [-0.2, -0.15) is 5.10 Å². The molecule has 1 unspecified atom stereocenters. The van der Waals surface area contributed by atoms with E-state index in [2.05, 4.69) is 20.4 Å². The summed E-state index contributed by atoms with van der Waals surface area (Å²) < 4.78 is 45.7. The van der Waals surface area contributed by atoms with Gasteiger partial charge in [0.1, 0.15) is 28.5 Å². The Kier molecular flexibility index (Phi) is 7.68. The highest BCUT2D eigenvalue weighted by atomic mass is 32.2. The minimum absolute atomic E-state index is 0.00205. The molecule has 3 aromatic heterocycles. The molecule has 2 aromatic carbocycles. The Labute approximate surface area is 241 Å². The number of nitrogens with one attached hydrogen (secondary N) is 1. The molecule has 13 heteroatoms. The molecule has 12 nitrogen and oxygen atoms in total. The maximum atomic E-state index is 14.1. The van der Waals surface area contributed by atoms with E-state index in [0.717, 1.165) is 0 Å². The lowest BCUT2D eigenvalue weighted by Gasteiger charge is -2.22. The number of ether oxygens (including phenoxy) is 3. The second-order valence-electron chi connectivity index (χ2n) is 9.12. The number of aryl methyl sites for hydroxylation is 1. The summed E-state index contributed by atoms with van der Waals surface area (Å²) >= 11 is 0. The Morgan fingerprint density at radius 2 is 1.69 bits per heavy atom. The molecule has 2 N–H and O–H groups in total. The van der Waals surface area contributed by atoms with Crippen molar-refractivity contribution in [3.8, 4) is 22.9 Å². The number of sulfone groups is 1. The van der Waals surface area contributed by atoms with E-state index in [1.165, 1.54) is 68.9 Å². The zero-order chi connectivity index (χ0) is 30.0. The summed E-state index contributed by atoms with van der Waals surface area (Å²) in [7, 11) is 0.373. The van der Waals surface area contributed by atoms with E-state index >= 15 is 0 Å². The van der Waals surface area contributed by atoms with E-state index in [1.807, 2.05) is 0 Å². The number of pyridine rings is 2. The first-order valence-electron chi connectivity index (χ1n) is 12.6. The van der Waals surface area contributed by atoms with Crippen LogP contribution in [0.25, 0.3) is 16.7 Å². The first kappa shape index (κ1) is 28.4. The van der Waals surface area contributed by atoms with Crippen molar-refractivity contribution in [2.75, 3.05) is 26.6 Å². The minimum atomic E-state index is -4.15. The number of rotatable bonds is 10. The normalized spacial score (nSPS) is 12.1. The first-order valence-corrected chi connectivity index (χ1v) is 14.1. The van der Waals surface area contributed by atoms with Gasteiger partial charge in [-0.05, 0) is 49.4 Å². The Hall–Kier alpha value is -5.17. The van der Waals surface area contributed by atoms with E-state index in [0.29, 0.717) is 39.6 Å². The van der Waals surface area contributed by atoms with Crippen LogP contribution in [-0.4, -0.2) is 60.6 Å². The van der Waals surface area contributed by atoms with Gasteiger partial charge in [-0.15, -0.1) is 0 Å². The monoisotopic (exact) mass is 589 g/mol. The fourth-order valence-corrected chi connectivity index (χ4v) is 6.15. The zero-order valence-corrected chi connectivity index (χ0v) is 23.9. The lowest BCUT2D eigenvalue weighted by Crippen LogP contribution is -2.23. The topological polar surface area (TPSA) is 155 Å². The van der Waals surface area contributed by atoms with Crippen molar-refractivity contribution < 1.29 is 32.5 Å². The Bertz CT molecular complexity index is 1870. The number of hydrogen-bond donors (Lipinski definition) is 2. The summed E-state index contributed by atoms with van der Waals surface area (Å²) in [6, 6.07) is 14.3. The first-order chi connectivity index (χ1) is 20.2. The maximum absolute atomic E-state index is 14.1. The minimum Gasteiger partial charge on any atom is -0.497 e. The van der Waals surface area contributed by atoms with Gasteiger partial charge in [0.15, 0.2) is 11.0 Å². The number of aromatic carboxylic acids is 1. The number of nitrogens with zero attached hydrogens (tertiary/aromatic N) is 4. The highest BCUT2D eigenvalue weighted by Gasteiger charge is 2.33. The van der Waals surface area contributed by atoms with E-state index < -0.39 is 21.2 Å². The molecule has 5 aromatic rings. The lowest BCUT2D eigenvalue weighted by molar-refractivity contribution is 0.0697. The van der Waals surface area contributed by atoms with Gasteiger partial charge in [0.25, 0.3) is 0 Å². The Morgan fingerprint density at radius 1 is 0.976 bits per heavy atom. The van der Waals surface area contributed by atoms with Gasteiger partial charge >= 0.3 is 5.97 Å². The van der Waals surface area contributed by atoms with Crippen LogP contribution in [0.1, 0.15) is 27.0 Å². The lowest BCUT2D eigenvalue weighted by atomic mass is 10.1. The van der Waals surface area contributed by atoms with Crippen LogP contribution in [0.2, 0.25) is 0 Å². The molecule has 0 aliphatic carbocycles. The molecule has 42 heavy (non-hydrogen) atoms. The molecule has 5 rings (SSSR count). The van der Waals surface area contributed by atoms with Gasteiger partial charge in [0, 0.05) is 30.2 Å². The van der Waals surface area contributed by atoms with Crippen molar-refractivity contribution in [1.82, 2.24) is 19.7 Å². The van der Waals surface area contributed by atoms with Crippen LogP contribution in [0.5, 0.6) is 17.2 Å². The second kappa shape index (κ2) is 11.4. The number of aromatic nitrogens is 4. The number of carboxylic acids is 1. The molecule has 0 spiro atoms. The molecular formula is C29H27N5O7S. The van der Waals surface area contributed by atoms with Gasteiger partial charge < -0.3 is 24.6 Å². The maximum Gasteiger partial charge on any atom is 0.339 e. The average molecular weight is 590 g/mol. The van der Waals surface area contributed by atoms with Gasteiger partial charge in [0.05, 0.1) is 43.0 Å². The highest BCUT2D eigenvalue weighted by Crippen LogP contribution is 2.38. The van der Waals surface area contributed by atoms with Crippen molar-refractivity contribution in [2.45, 2.75) is 17.2 Å². The van der Waals surface area contributed by atoms with Crippen LogP contribution >= 0.6 is 0 Å². The summed E-state index contributed by atoms with van der Waals surface area (Å²) in [4.78, 5) is 20.9. The second-order valence-corrected chi connectivity index (χ2v) is 11.1. The molecule has 0 aliphatic rings. The summed E-state index contributed by atoms with van der Waals surface area (Å²) in [5, 5.41) is 16.7. The number of carbonyl (C=O) groups is 1. The zero-order valence-electron chi connectivity index (χ0n) is 23.1. The van der Waals surface area contributed by atoms with Crippen molar-refractivity contribution in [3.05, 3.63) is 90.0 Å². The molecular weight excluding hydrogens is 562 g/mol. The molecule has 0 amide bonds. The molecule has 3 heterocycles. The number of carboxylic acid groups (broad SMARTS) is 1. The van der Waals surface area contributed by atoms with Crippen molar-refractivity contribution in [2.24, 2.45) is 0 Å². The predicted octanol–water partition coefficient (Wildman–Crippen LogP) is 4.43. The number of methoxy groups -OCH3 is 3.